The first kappa shape index (κ1) is 19.9. The first-order chi connectivity index (χ1) is 15.5. The van der Waals surface area contributed by atoms with Gasteiger partial charge in [0.1, 0.15) is 17.0 Å². The molecule has 0 aliphatic carbocycles. The highest BCUT2D eigenvalue weighted by molar-refractivity contribution is 5.89. The summed E-state index contributed by atoms with van der Waals surface area (Å²) in [7, 11) is 0. The zero-order valence-electron chi connectivity index (χ0n) is 18.0. The molecule has 0 saturated heterocycles. The van der Waals surface area contributed by atoms with Gasteiger partial charge in [0.2, 0.25) is 0 Å². The molecule has 0 spiro atoms. The summed E-state index contributed by atoms with van der Waals surface area (Å²) < 4.78 is 14.9. The van der Waals surface area contributed by atoms with Crippen molar-refractivity contribution in [3.8, 4) is 33.8 Å². The van der Waals surface area contributed by atoms with E-state index < -0.39 is 0 Å². The van der Waals surface area contributed by atoms with Crippen LogP contribution in [0.25, 0.3) is 44.9 Å². The number of halogens is 1. The summed E-state index contributed by atoms with van der Waals surface area (Å²) in [6.45, 7) is 5.62. The van der Waals surface area contributed by atoms with E-state index in [1.165, 1.54) is 6.07 Å². The summed E-state index contributed by atoms with van der Waals surface area (Å²) in [6.07, 6.45) is 3.51. The van der Waals surface area contributed by atoms with Crippen LogP contribution >= 0.6 is 0 Å². The first-order valence-electron chi connectivity index (χ1n) is 10.3. The maximum absolute atomic E-state index is 14.9. The number of benzene rings is 2. The van der Waals surface area contributed by atoms with E-state index in [0.29, 0.717) is 28.2 Å². The normalized spacial score (nSPS) is 11.1. The Labute approximate surface area is 185 Å². The molecule has 0 bridgehead atoms. The van der Waals surface area contributed by atoms with Gasteiger partial charge >= 0.3 is 0 Å². The molecule has 0 atom stereocenters. The largest absolute Gasteiger partial charge is 0.265 e. The van der Waals surface area contributed by atoms with Crippen LogP contribution in [0.2, 0.25) is 0 Å². The standard InChI is InChI=1S/C26H20FN5/c1-15-7-8-21(22(27)13-15)23-24-26(30-17(3)16(2)29-24)32-25(31-23)20-6-4-5-19(14-20)18-9-11-28-12-10-18/h4-14H,1-3H3. The molecule has 0 amide bonds. The quantitative estimate of drug-likeness (QED) is 0.364. The first-order valence-corrected chi connectivity index (χ1v) is 10.3. The third kappa shape index (κ3) is 3.60. The number of hydrogen-bond acceptors (Lipinski definition) is 5. The molecule has 3 aromatic heterocycles. The minimum atomic E-state index is -0.346. The van der Waals surface area contributed by atoms with Crippen molar-refractivity contribution >= 4 is 11.2 Å². The summed E-state index contributed by atoms with van der Waals surface area (Å²) >= 11 is 0. The number of nitrogens with zero attached hydrogens (tertiary/aromatic N) is 5. The van der Waals surface area contributed by atoms with E-state index in [1.54, 1.807) is 18.5 Å². The zero-order valence-corrected chi connectivity index (χ0v) is 18.0. The second-order valence-corrected chi connectivity index (χ2v) is 7.76. The molecule has 32 heavy (non-hydrogen) atoms. The monoisotopic (exact) mass is 421 g/mol. The Balaban J connectivity index is 1.76. The maximum Gasteiger partial charge on any atom is 0.182 e. The van der Waals surface area contributed by atoms with Gasteiger partial charge in [-0.05, 0) is 67.8 Å². The van der Waals surface area contributed by atoms with Crippen LogP contribution in [0.1, 0.15) is 17.0 Å². The highest BCUT2D eigenvalue weighted by atomic mass is 19.1. The van der Waals surface area contributed by atoms with Gasteiger partial charge in [0.05, 0.1) is 11.4 Å². The average molecular weight is 421 g/mol. The number of fused-ring (bicyclic) bond motifs is 1. The molecule has 6 heteroatoms. The average Bonchev–Trinajstić information content (AvgIpc) is 2.80. The number of rotatable bonds is 3. The molecule has 0 aliphatic rings. The molecule has 0 saturated carbocycles. The van der Waals surface area contributed by atoms with E-state index in [1.807, 2.05) is 63.2 Å². The minimum absolute atomic E-state index is 0.346. The maximum atomic E-state index is 14.9. The van der Waals surface area contributed by atoms with Crippen molar-refractivity contribution in [2.45, 2.75) is 20.8 Å². The van der Waals surface area contributed by atoms with E-state index in [-0.39, 0.29) is 5.82 Å². The fourth-order valence-corrected chi connectivity index (χ4v) is 3.62. The molecular formula is C26H20FN5. The highest BCUT2D eigenvalue weighted by Crippen LogP contribution is 2.31. The predicted molar refractivity (Wildman–Crippen MR) is 123 cm³/mol. The second-order valence-electron chi connectivity index (χ2n) is 7.76. The van der Waals surface area contributed by atoms with E-state index in [9.17, 15) is 4.39 Å². The minimum Gasteiger partial charge on any atom is -0.265 e. The lowest BCUT2D eigenvalue weighted by molar-refractivity contribution is 0.629. The molecular weight excluding hydrogens is 401 g/mol. The Hall–Kier alpha value is -4.06. The van der Waals surface area contributed by atoms with Crippen molar-refractivity contribution in [2.24, 2.45) is 0 Å². The second kappa shape index (κ2) is 7.89. The molecule has 0 unspecified atom stereocenters. The molecule has 0 aliphatic heterocycles. The molecule has 5 aromatic rings. The molecule has 5 nitrogen and oxygen atoms in total. The Morgan fingerprint density at radius 3 is 2.22 bits per heavy atom. The van der Waals surface area contributed by atoms with Gasteiger partial charge in [0.15, 0.2) is 11.5 Å². The van der Waals surface area contributed by atoms with Gasteiger partial charge in [-0.25, -0.2) is 24.3 Å². The van der Waals surface area contributed by atoms with Gasteiger partial charge in [-0.1, -0.05) is 24.3 Å². The summed E-state index contributed by atoms with van der Waals surface area (Å²) in [5.41, 5.74) is 7.02. The summed E-state index contributed by atoms with van der Waals surface area (Å²) in [5.74, 6) is 0.127. The molecule has 0 fully saturated rings. The van der Waals surface area contributed by atoms with Gasteiger partial charge in [-0.2, -0.15) is 0 Å². The van der Waals surface area contributed by atoms with Crippen LogP contribution in [0.5, 0.6) is 0 Å². The van der Waals surface area contributed by atoms with Crippen LogP contribution in [0.15, 0.2) is 67.0 Å². The molecule has 156 valence electrons. The molecule has 2 aromatic carbocycles. The number of hydrogen-bond donors (Lipinski definition) is 0. The number of pyridine rings is 1. The van der Waals surface area contributed by atoms with Crippen LogP contribution in [-0.2, 0) is 0 Å². The molecule has 3 heterocycles. The lowest BCUT2D eigenvalue weighted by Gasteiger charge is -2.11. The van der Waals surface area contributed by atoms with E-state index in [0.717, 1.165) is 33.6 Å². The van der Waals surface area contributed by atoms with Gasteiger partial charge in [-0.3, -0.25) is 4.98 Å². The molecule has 0 N–H and O–H groups in total. The fraction of sp³-hybridized carbons (Fsp3) is 0.115. The smallest absolute Gasteiger partial charge is 0.182 e. The summed E-state index contributed by atoms with van der Waals surface area (Å²) in [4.78, 5) is 22.8. The van der Waals surface area contributed by atoms with E-state index in [2.05, 4.69) is 15.0 Å². The van der Waals surface area contributed by atoms with Crippen molar-refractivity contribution < 1.29 is 4.39 Å². The Kier molecular flexibility index (Phi) is 4.90. The zero-order chi connectivity index (χ0) is 22.2. The Bertz CT molecular complexity index is 1460. The van der Waals surface area contributed by atoms with Crippen molar-refractivity contribution in [3.05, 3.63) is 89.8 Å². The third-order valence-electron chi connectivity index (χ3n) is 5.46. The van der Waals surface area contributed by atoms with Crippen molar-refractivity contribution in [2.75, 3.05) is 0 Å². The Morgan fingerprint density at radius 1 is 0.688 bits per heavy atom. The van der Waals surface area contributed by atoms with Gasteiger partial charge in [0.25, 0.3) is 0 Å². The highest BCUT2D eigenvalue weighted by Gasteiger charge is 2.18. The van der Waals surface area contributed by atoms with Gasteiger partial charge in [-0.15, -0.1) is 0 Å². The predicted octanol–water partition coefficient (Wildman–Crippen LogP) is 5.88. The summed E-state index contributed by atoms with van der Waals surface area (Å²) in [5, 5.41) is 0. The van der Waals surface area contributed by atoms with Crippen molar-refractivity contribution in [1.82, 2.24) is 24.9 Å². The van der Waals surface area contributed by atoms with Crippen LogP contribution < -0.4 is 0 Å². The van der Waals surface area contributed by atoms with Crippen LogP contribution in [0.4, 0.5) is 4.39 Å². The van der Waals surface area contributed by atoms with Crippen LogP contribution in [-0.4, -0.2) is 24.9 Å². The van der Waals surface area contributed by atoms with Crippen molar-refractivity contribution in [1.29, 1.82) is 0 Å². The van der Waals surface area contributed by atoms with Crippen LogP contribution in [0, 0.1) is 26.6 Å². The fourth-order valence-electron chi connectivity index (χ4n) is 3.62. The van der Waals surface area contributed by atoms with Gasteiger partial charge in [0, 0.05) is 23.5 Å². The SMILES string of the molecule is Cc1ccc(-c2nc(-c3cccc(-c4ccncc4)c3)nc3nc(C)c(C)nc23)c(F)c1. The van der Waals surface area contributed by atoms with Crippen molar-refractivity contribution in [3.63, 3.8) is 0 Å². The van der Waals surface area contributed by atoms with E-state index in [4.69, 9.17) is 9.97 Å². The topological polar surface area (TPSA) is 64.5 Å². The Morgan fingerprint density at radius 2 is 1.44 bits per heavy atom. The number of aryl methyl sites for hydroxylation is 3. The summed E-state index contributed by atoms with van der Waals surface area (Å²) in [6, 6.07) is 16.9. The molecule has 0 radical (unpaired) electrons. The lowest BCUT2D eigenvalue weighted by Crippen LogP contribution is -2.03. The lowest BCUT2D eigenvalue weighted by atomic mass is 10.0. The van der Waals surface area contributed by atoms with E-state index >= 15 is 0 Å². The molecule has 5 rings (SSSR count). The van der Waals surface area contributed by atoms with Gasteiger partial charge < -0.3 is 0 Å². The van der Waals surface area contributed by atoms with Crippen LogP contribution in [0.3, 0.4) is 0 Å². The third-order valence-corrected chi connectivity index (χ3v) is 5.46. The number of aromatic nitrogens is 5.